The first-order valence-corrected chi connectivity index (χ1v) is 6.25. The van der Waals surface area contributed by atoms with E-state index in [1.165, 1.54) is 22.2 Å². The smallest absolute Gasteiger partial charge is 0.0537 e. The molecule has 0 bridgehead atoms. The fourth-order valence-corrected chi connectivity index (χ4v) is 2.35. The number of benzene rings is 1. The molecule has 18 heavy (non-hydrogen) atoms. The molecule has 1 aromatic heterocycles. The van der Waals surface area contributed by atoms with Crippen molar-refractivity contribution in [2.75, 3.05) is 0 Å². The van der Waals surface area contributed by atoms with E-state index in [9.17, 15) is 0 Å². The minimum atomic E-state index is 0.995. The van der Waals surface area contributed by atoms with Crippen LogP contribution in [0, 0.1) is 6.92 Å². The highest BCUT2D eigenvalue weighted by Crippen LogP contribution is 2.29. The number of rotatable bonds is 3. The zero-order valence-corrected chi connectivity index (χ0v) is 11.3. The molecule has 1 heteroatoms. The molecule has 0 aliphatic carbocycles. The summed E-state index contributed by atoms with van der Waals surface area (Å²) in [6.07, 6.45) is 8.27. The third kappa shape index (κ3) is 1.92. The van der Waals surface area contributed by atoms with Crippen LogP contribution in [0.25, 0.3) is 22.7 Å². The summed E-state index contributed by atoms with van der Waals surface area (Å²) in [6.45, 7) is 10.4. The van der Waals surface area contributed by atoms with E-state index in [4.69, 9.17) is 0 Å². The lowest BCUT2D eigenvalue weighted by atomic mass is 10.1. The molecular formula is C17H19N. The maximum absolute atomic E-state index is 4.16. The van der Waals surface area contributed by atoms with Crippen LogP contribution >= 0.6 is 0 Å². The van der Waals surface area contributed by atoms with Gasteiger partial charge in [-0.15, -0.1) is 0 Å². The highest BCUT2D eigenvalue weighted by molar-refractivity contribution is 5.91. The van der Waals surface area contributed by atoms with Crippen molar-refractivity contribution < 1.29 is 0 Å². The largest absolute Gasteiger partial charge is 0.310 e. The number of hydrogen-bond acceptors (Lipinski definition) is 0. The molecule has 0 amide bonds. The van der Waals surface area contributed by atoms with E-state index in [0.29, 0.717) is 0 Å². The summed E-state index contributed by atoms with van der Waals surface area (Å²) in [5.41, 5.74) is 4.72. The molecule has 1 heterocycles. The summed E-state index contributed by atoms with van der Waals surface area (Å²) in [4.78, 5) is 0. The second-order valence-electron chi connectivity index (χ2n) is 4.35. The summed E-state index contributed by atoms with van der Waals surface area (Å²) in [7, 11) is 0. The summed E-state index contributed by atoms with van der Waals surface area (Å²) >= 11 is 0. The SMILES string of the molecule is C=C(C=CC)n1c(C=CC)c(C)c2ccccc21. The van der Waals surface area contributed by atoms with Gasteiger partial charge >= 0.3 is 0 Å². The van der Waals surface area contributed by atoms with Crippen molar-refractivity contribution in [3.8, 4) is 0 Å². The fourth-order valence-electron chi connectivity index (χ4n) is 2.35. The Morgan fingerprint density at radius 3 is 2.56 bits per heavy atom. The molecule has 0 N–H and O–H groups in total. The third-order valence-electron chi connectivity index (χ3n) is 3.14. The minimum Gasteiger partial charge on any atom is -0.310 e. The van der Waals surface area contributed by atoms with E-state index in [2.05, 4.69) is 54.5 Å². The van der Waals surface area contributed by atoms with Gasteiger partial charge in [-0.2, -0.15) is 0 Å². The molecule has 0 saturated carbocycles. The molecular weight excluding hydrogens is 218 g/mol. The first-order valence-electron chi connectivity index (χ1n) is 6.25. The molecule has 1 aromatic carbocycles. The lowest BCUT2D eigenvalue weighted by molar-refractivity contribution is 1.15. The molecule has 0 unspecified atom stereocenters. The topological polar surface area (TPSA) is 4.93 Å². The highest BCUT2D eigenvalue weighted by Gasteiger charge is 2.12. The van der Waals surface area contributed by atoms with Gasteiger partial charge in [0.2, 0.25) is 0 Å². The van der Waals surface area contributed by atoms with E-state index in [0.717, 1.165) is 5.70 Å². The van der Waals surface area contributed by atoms with Gasteiger partial charge in [-0.1, -0.05) is 36.9 Å². The Balaban J connectivity index is 2.83. The fraction of sp³-hybridized carbons (Fsp3) is 0.176. The van der Waals surface area contributed by atoms with Gasteiger partial charge in [-0.3, -0.25) is 0 Å². The van der Waals surface area contributed by atoms with E-state index < -0.39 is 0 Å². The molecule has 2 rings (SSSR count). The first-order chi connectivity index (χ1) is 8.70. The number of fused-ring (bicyclic) bond motifs is 1. The minimum absolute atomic E-state index is 0.995. The molecule has 0 fully saturated rings. The van der Waals surface area contributed by atoms with Crippen molar-refractivity contribution in [1.29, 1.82) is 0 Å². The van der Waals surface area contributed by atoms with Gasteiger partial charge in [0.25, 0.3) is 0 Å². The van der Waals surface area contributed by atoms with Crippen LogP contribution in [0.1, 0.15) is 25.1 Å². The zero-order valence-electron chi connectivity index (χ0n) is 11.3. The number of aromatic nitrogens is 1. The number of allylic oxidation sites excluding steroid dienone is 4. The maximum atomic E-state index is 4.16. The number of hydrogen-bond donors (Lipinski definition) is 0. The van der Waals surface area contributed by atoms with Crippen molar-refractivity contribution in [1.82, 2.24) is 4.57 Å². The Bertz CT molecular complexity index is 639. The Morgan fingerprint density at radius 2 is 1.89 bits per heavy atom. The normalized spacial score (nSPS) is 11.9. The van der Waals surface area contributed by atoms with E-state index >= 15 is 0 Å². The van der Waals surface area contributed by atoms with Gasteiger partial charge in [0.05, 0.1) is 5.52 Å². The van der Waals surface area contributed by atoms with Crippen LogP contribution in [0.15, 0.2) is 49.1 Å². The predicted octanol–water partition coefficient (Wildman–Crippen LogP) is 5.03. The van der Waals surface area contributed by atoms with Crippen LogP contribution in [-0.4, -0.2) is 4.57 Å². The molecule has 2 aromatic rings. The Labute approximate surface area is 109 Å². The second kappa shape index (κ2) is 5.09. The van der Waals surface area contributed by atoms with Crippen molar-refractivity contribution in [2.45, 2.75) is 20.8 Å². The van der Waals surface area contributed by atoms with Crippen molar-refractivity contribution >= 4 is 22.7 Å². The van der Waals surface area contributed by atoms with E-state index in [-0.39, 0.29) is 0 Å². The standard InChI is InChI=1S/C17H19N/c1-5-9-13(3)18-16(10-6-2)14(4)15-11-7-8-12-17(15)18/h5-12H,3H2,1-2,4H3. The van der Waals surface area contributed by atoms with Crippen LogP contribution in [0.3, 0.4) is 0 Å². The Hall–Kier alpha value is -2.02. The summed E-state index contributed by atoms with van der Waals surface area (Å²) in [5, 5.41) is 1.29. The first kappa shape index (κ1) is 12.4. The maximum Gasteiger partial charge on any atom is 0.0537 e. The van der Waals surface area contributed by atoms with E-state index in [1.54, 1.807) is 0 Å². The van der Waals surface area contributed by atoms with Crippen LogP contribution in [0.4, 0.5) is 0 Å². The van der Waals surface area contributed by atoms with Gasteiger partial charge in [0.1, 0.15) is 0 Å². The quantitative estimate of drug-likeness (QED) is 0.660. The highest BCUT2D eigenvalue weighted by atomic mass is 15.0. The van der Waals surface area contributed by atoms with Crippen LogP contribution in [-0.2, 0) is 0 Å². The van der Waals surface area contributed by atoms with Crippen LogP contribution in [0.5, 0.6) is 0 Å². The van der Waals surface area contributed by atoms with Gasteiger partial charge in [0, 0.05) is 16.8 Å². The average Bonchev–Trinajstić information content (AvgIpc) is 2.65. The van der Waals surface area contributed by atoms with Crippen molar-refractivity contribution in [3.05, 3.63) is 60.3 Å². The molecule has 0 saturated heterocycles. The molecule has 0 aliphatic rings. The number of nitrogens with zero attached hydrogens (tertiary/aromatic N) is 1. The lowest BCUT2D eigenvalue weighted by Gasteiger charge is -2.08. The van der Waals surface area contributed by atoms with Gasteiger partial charge in [-0.05, 0) is 44.6 Å². The van der Waals surface area contributed by atoms with Crippen LogP contribution < -0.4 is 0 Å². The Morgan fingerprint density at radius 1 is 1.17 bits per heavy atom. The van der Waals surface area contributed by atoms with Crippen molar-refractivity contribution in [3.63, 3.8) is 0 Å². The van der Waals surface area contributed by atoms with E-state index in [1.807, 2.05) is 26.0 Å². The number of para-hydroxylation sites is 1. The zero-order chi connectivity index (χ0) is 13.1. The van der Waals surface area contributed by atoms with Gasteiger partial charge in [0.15, 0.2) is 0 Å². The number of aryl methyl sites for hydroxylation is 1. The van der Waals surface area contributed by atoms with Crippen molar-refractivity contribution in [2.24, 2.45) is 0 Å². The molecule has 0 radical (unpaired) electrons. The molecule has 0 aliphatic heterocycles. The molecule has 0 spiro atoms. The predicted molar refractivity (Wildman–Crippen MR) is 81.5 cm³/mol. The summed E-state index contributed by atoms with van der Waals surface area (Å²) < 4.78 is 2.21. The van der Waals surface area contributed by atoms with Crippen LogP contribution in [0.2, 0.25) is 0 Å². The average molecular weight is 237 g/mol. The third-order valence-corrected chi connectivity index (χ3v) is 3.14. The molecule has 92 valence electrons. The van der Waals surface area contributed by atoms with Gasteiger partial charge < -0.3 is 4.57 Å². The summed E-state index contributed by atoms with van der Waals surface area (Å²) in [6, 6.07) is 8.46. The monoisotopic (exact) mass is 237 g/mol. The summed E-state index contributed by atoms with van der Waals surface area (Å²) in [5.74, 6) is 0. The molecule has 0 atom stereocenters. The second-order valence-corrected chi connectivity index (χ2v) is 4.35. The van der Waals surface area contributed by atoms with Gasteiger partial charge in [-0.25, -0.2) is 0 Å². The Kier molecular flexibility index (Phi) is 3.52. The lowest BCUT2D eigenvalue weighted by Crippen LogP contribution is -1.96. The molecule has 1 nitrogen and oxygen atoms in total.